The Balaban J connectivity index is 2.28. The van der Waals surface area contributed by atoms with Crippen molar-refractivity contribution in [3.8, 4) is 0 Å². The van der Waals surface area contributed by atoms with Gasteiger partial charge in [0.25, 0.3) is 5.56 Å². The predicted molar refractivity (Wildman–Crippen MR) is 94.2 cm³/mol. The molecule has 0 spiro atoms. The van der Waals surface area contributed by atoms with Gasteiger partial charge in [-0.05, 0) is 18.6 Å². The molecule has 128 valence electrons. The van der Waals surface area contributed by atoms with E-state index in [1.807, 2.05) is 13.0 Å². The van der Waals surface area contributed by atoms with Crippen molar-refractivity contribution in [1.82, 2.24) is 20.2 Å². The van der Waals surface area contributed by atoms with Gasteiger partial charge in [0.1, 0.15) is 0 Å². The number of hydrogen-bond donors (Lipinski definition) is 2. The molecule has 2 N–H and O–H groups in total. The summed E-state index contributed by atoms with van der Waals surface area (Å²) >= 11 is 1.15. The number of carbonyl (C=O) groups is 2. The van der Waals surface area contributed by atoms with Gasteiger partial charge in [-0.15, -0.1) is 0 Å². The summed E-state index contributed by atoms with van der Waals surface area (Å²) in [6.45, 7) is 2.59. The number of aromatic nitrogens is 2. The summed E-state index contributed by atoms with van der Waals surface area (Å²) in [4.78, 5) is 40.1. The van der Waals surface area contributed by atoms with Crippen LogP contribution in [0.1, 0.15) is 19.8 Å². The normalized spacial score (nSPS) is 10.6. The second-order valence-electron chi connectivity index (χ2n) is 5.14. The Morgan fingerprint density at radius 1 is 1.29 bits per heavy atom. The Labute approximate surface area is 143 Å². The van der Waals surface area contributed by atoms with Crippen LogP contribution in [0.2, 0.25) is 0 Å². The number of thioether (sulfide) groups is 1. The highest BCUT2D eigenvalue weighted by Gasteiger charge is 2.13. The summed E-state index contributed by atoms with van der Waals surface area (Å²) in [7, 11) is 1.43. The third-order valence-electron chi connectivity index (χ3n) is 3.37. The molecule has 0 bridgehead atoms. The summed E-state index contributed by atoms with van der Waals surface area (Å²) in [5.74, 6) is -0.437. The maximum Gasteiger partial charge on any atom is 0.321 e. The number of nitrogens with zero attached hydrogens (tertiary/aromatic N) is 2. The molecule has 0 aliphatic carbocycles. The van der Waals surface area contributed by atoms with E-state index in [4.69, 9.17) is 0 Å². The van der Waals surface area contributed by atoms with E-state index in [0.29, 0.717) is 22.6 Å². The van der Waals surface area contributed by atoms with Crippen LogP contribution in [0.15, 0.2) is 34.2 Å². The van der Waals surface area contributed by atoms with Crippen LogP contribution in [0.3, 0.4) is 0 Å². The second-order valence-corrected chi connectivity index (χ2v) is 6.08. The predicted octanol–water partition coefficient (Wildman–Crippen LogP) is 1.74. The first-order valence-corrected chi connectivity index (χ1v) is 8.69. The van der Waals surface area contributed by atoms with E-state index < -0.39 is 11.9 Å². The number of para-hydroxylation sites is 1. The zero-order valence-corrected chi connectivity index (χ0v) is 14.5. The van der Waals surface area contributed by atoms with Crippen LogP contribution in [0.25, 0.3) is 10.9 Å². The van der Waals surface area contributed by atoms with Crippen molar-refractivity contribution in [3.63, 3.8) is 0 Å². The third kappa shape index (κ3) is 4.35. The molecule has 0 unspecified atom stereocenters. The Kier molecular flexibility index (Phi) is 6.36. The molecule has 24 heavy (non-hydrogen) atoms. The summed E-state index contributed by atoms with van der Waals surface area (Å²) in [6, 6.07) is 6.59. The molecule has 0 aliphatic heterocycles. The Morgan fingerprint density at radius 3 is 2.75 bits per heavy atom. The van der Waals surface area contributed by atoms with Crippen molar-refractivity contribution in [2.24, 2.45) is 0 Å². The fraction of sp³-hybridized carbons (Fsp3) is 0.375. The van der Waals surface area contributed by atoms with Crippen LogP contribution in [-0.4, -0.2) is 34.3 Å². The fourth-order valence-electron chi connectivity index (χ4n) is 2.13. The number of nitrogens with one attached hydrogen (secondary N) is 2. The number of rotatable bonds is 6. The molecule has 1 heterocycles. The molecular formula is C16H20N4O3S. The fourth-order valence-corrected chi connectivity index (χ4v) is 2.95. The molecule has 1 aromatic carbocycles. The molecule has 8 heteroatoms. The average molecular weight is 348 g/mol. The van der Waals surface area contributed by atoms with Gasteiger partial charge in [-0.1, -0.05) is 37.2 Å². The largest absolute Gasteiger partial charge is 0.341 e. The van der Waals surface area contributed by atoms with E-state index in [-0.39, 0.29) is 11.3 Å². The molecule has 0 radical (unpaired) electrons. The zero-order chi connectivity index (χ0) is 17.5. The van der Waals surface area contributed by atoms with E-state index in [2.05, 4.69) is 15.6 Å². The molecule has 0 aliphatic rings. The van der Waals surface area contributed by atoms with Crippen LogP contribution in [0.4, 0.5) is 4.79 Å². The maximum atomic E-state index is 12.7. The van der Waals surface area contributed by atoms with Gasteiger partial charge in [-0.2, -0.15) is 0 Å². The molecule has 0 saturated carbocycles. The summed E-state index contributed by atoms with van der Waals surface area (Å²) < 4.78 is 1.60. The summed E-state index contributed by atoms with van der Waals surface area (Å²) in [6.07, 6.45) is 1.79. The SMILES string of the molecule is CCCCn1c(SCC(=O)NC(=O)NC)nc2ccccc2c1=O. The number of carbonyl (C=O) groups excluding carboxylic acids is 2. The molecular weight excluding hydrogens is 328 g/mol. The van der Waals surface area contributed by atoms with Crippen LogP contribution in [0.5, 0.6) is 0 Å². The lowest BCUT2D eigenvalue weighted by atomic mass is 10.2. The lowest BCUT2D eigenvalue weighted by Crippen LogP contribution is -2.38. The van der Waals surface area contributed by atoms with Gasteiger partial charge >= 0.3 is 6.03 Å². The minimum atomic E-state index is -0.560. The molecule has 1 aromatic heterocycles. The number of imide groups is 1. The topological polar surface area (TPSA) is 93.1 Å². The van der Waals surface area contributed by atoms with Crippen molar-refractivity contribution < 1.29 is 9.59 Å². The van der Waals surface area contributed by atoms with Crippen molar-refractivity contribution in [2.45, 2.75) is 31.5 Å². The van der Waals surface area contributed by atoms with Gasteiger partial charge < -0.3 is 5.32 Å². The van der Waals surface area contributed by atoms with Gasteiger partial charge in [0.15, 0.2) is 5.16 Å². The number of hydrogen-bond acceptors (Lipinski definition) is 5. The van der Waals surface area contributed by atoms with Crippen molar-refractivity contribution >= 4 is 34.6 Å². The standard InChI is InChI=1S/C16H20N4O3S/c1-3-4-9-20-14(22)11-7-5-6-8-12(11)18-16(20)24-10-13(21)19-15(23)17-2/h5-8H,3-4,9-10H2,1-2H3,(H2,17,19,21,23). The van der Waals surface area contributed by atoms with Crippen molar-refractivity contribution in [2.75, 3.05) is 12.8 Å². The highest BCUT2D eigenvalue weighted by molar-refractivity contribution is 7.99. The Hall–Kier alpha value is -2.35. The molecule has 2 rings (SSSR count). The van der Waals surface area contributed by atoms with E-state index in [9.17, 15) is 14.4 Å². The first-order valence-electron chi connectivity index (χ1n) is 7.70. The molecule has 0 fully saturated rings. The molecule has 3 amide bonds. The summed E-state index contributed by atoms with van der Waals surface area (Å²) in [5, 5.41) is 5.55. The highest BCUT2D eigenvalue weighted by Crippen LogP contribution is 2.18. The zero-order valence-electron chi connectivity index (χ0n) is 13.7. The van der Waals surface area contributed by atoms with Crippen LogP contribution >= 0.6 is 11.8 Å². The second kappa shape index (κ2) is 8.49. The molecule has 2 aromatic rings. The first kappa shape index (κ1) is 18.0. The van der Waals surface area contributed by atoms with Crippen molar-refractivity contribution in [1.29, 1.82) is 0 Å². The van der Waals surface area contributed by atoms with Crippen LogP contribution < -0.4 is 16.2 Å². The molecule has 0 saturated heterocycles. The van der Waals surface area contributed by atoms with Gasteiger partial charge in [-0.25, -0.2) is 9.78 Å². The van der Waals surface area contributed by atoms with Crippen molar-refractivity contribution in [3.05, 3.63) is 34.6 Å². The van der Waals surface area contributed by atoms with Gasteiger partial charge in [0.2, 0.25) is 5.91 Å². The van der Waals surface area contributed by atoms with Crippen LogP contribution in [0, 0.1) is 0 Å². The monoisotopic (exact) mass is 348 g/mol. The summed E-state index contributed by atoms with van der Waals surface area (Å²) in [5.41, 5.74) is 0.493. The number of amides is 3. The number of unbranched alkanes of at least 4 members (excludes halogenated alkanes) is 1. The first-order chi connectivity index (χ1) is 11.6. The highest BCUT2D eigenvalue weighted by atomic mass is 32.2. The Morgan fingerprint density at radius 2 is 2.04 bits per heavy atom. The lowest BCUT2D eigenvalue weighted by Gasteiger charge is -2.12. The molecule has 7 nitrogen and oxygen atoms in total. The quantitative estimate of drug-likeness (QED) is 0.613. The number of urea groups is 1. The van der Waals surface area contributed by atoms with E-state index in [1.54, 1.807) is 22.8 Å². The van der Waals surface area contributed by atoms with Gasteiger partial charge in [-0.3, -0.25) is 19.5 Å². The minimum Gasteiger partial charge on any atom is -0.341 e. The van der Waals surface area contributed by atoms with E-state index in [1.165, 1.54) is 7.05 Å². The van der Waals surface area contributed by atoms with Gasteiger partial charge in [0, 0.05) is 13.6 Å². The van der Waals surface area contributed by atoms with Crippen LogP contribution in [-0.2, 0) is 11.3 Å². The third-order valence-corrected chi connectivity index (χ3v) is 4.35. The Bertz CT molecular complexity index is 803. The molecule has 0 atom stereocenters. The minimum absolute atomic E-state index is 0.00429. The average Bonchev–Trinajstić information content (AvgIpc) is 2.59. The lowest BCUT2D eigenvalue weighted by molar-refractivity contribution is -0.117. The van der Waals surface area contributed by atoms with Gasteiger partial charge in [0.05, 0.1) is 16.7 Å². The smallest absolute Gasteiger partial charge is 0.321 e. The van der Waals surface area contributed by atoms with E-state index >= 15 is 0 Å². The van der Waals surface area contributed by atoms with E-state index in [0.717, 1.165) is 24.6 Å². The number of benzene rings is 1. The number of fused-ring (bicyclic) bond motifs is 1. The maximum absolute atomic E-state index is 12.7.